The van der Waals surface area contributed by atoms with Crippen molar-refractivity contribution in [1.29, 1.82) is 0 Å². The van der Waals surface area contributed by atoms with E-state index in [1.54, 1.807) is 56.7 Å². The Morgan fingerprint density at radius 2 is 1.83 bits per heavy atom. The van der Waals surface area contributed by atoms with Crippen molar-refractivity contribution in [1.82, 2.24) is 10.4 Å². The first-order chi connectivity index (χ1) is 13.8. The third-order valence-corrected chi connectivity index (χ3v) is 5.66. The fourth-order valence-electron chi connectivity index (χ4n) is 2.59. The second-order valence-electron chi connectivity index (χ2n) is 6.09. The molecule has 0 aliphatic carbocycles. The van der Waals surface area contributed by atoms with Crippen molar-refractivity contribution in [2.45, 2.75) is 6.92 Å². The van der Waals surface area contributed by atoms with Gasteiger partial charge in [0.25, 0.3) is 11.8 Å². The summed E-state index contributed by atoms with van der Waals surface area (Å²) in [5.41, 5.74) is 4.41. The molecule has 0 atom stereocenters. The first-order valence-electron chi connectivity index (χ1n) is 8.40. The lowest BCUT2D eigenvalue weighted by Crippen LogP contribution is -2.44. The second kappa shape index (κ2) is 8.86. The zero-order chi connectivity index (χ0) is 21.1. The van der Waals surface area contributed by atoms with Gasteiger partial charge >= 0.3 is 0 Å². The molecule has 0 spiro atoms. The number of rotatable bonds is 5. The van der Waals surface area contributed by atoms with E-state index in [0.29, 0.717) is 27.0 Å². The molecule has 2 aromatic carbocycles. The molecule has 1 heterocycles. The van der Waals surface area contributed by atoms with E-state index in [0.717, 1.165) is 22.3 Å². The van der Waals surface area contributed by atoms with Crippen molar-refractivity contribution in [3.63, 3.8) is 0 Å². The molecule has 2 amide bonds. The normalized spacial score (nSPS) is 15.0. The third kappa shape index (κ3) is 4.72. The van der Waals surface area contributed by atoms with Crippen LogP contribution in [-0.2, 0) is 4.79 Å². The Morgan fingerprint density at radius 3 is 2.41 bits per heavy atom. The summed E-state index contributed by atoms with van der Waals surface area (Å²) in [6, 6.07) is 10.3. The average Bonchev–Trinajstić information content (AvgIpc) is 2.94. The molecule has 2 aromatic rings. The van der Waals surface area contributed by atoms with Gasteiger partial charge < -0.3 is 9.47 Å². The molecular formula is C20H17ClN2O4S2. The van der Waals surface area contributed by atoms with Gasteiger partial charge in [-0.15, -0.1) is 0 Å². The van der Waals surface area contributed by atoms with Crippen LogP contribution in [0.5, 0.6) is 11.5 Å². The van der Waals surface area contributed by atoms with Crippen molar-refractivity contribution in [3.8, 4) is 11.5 Å². The monoisotopic (exact) mass is 448 g/mol. The van der Waals surface area contributed by atoms with Gasteiger partial charge in [0.05, 0.1) is 29.7 Å². The number of methoxy groups -OCH3 is 2. The Hall–Kier alpha value is -2.55. The number of hydrogen-bond acceptors (Lipinski definition) is 6. The smallest absolute Gasteiger partial charge is 0.285 e. The van der Waals surface area contributed by atoms with Crippen molar-refractivity contribution in [2.75, 3.05) is 14.2 Å². The predicted octanol–water partition coefficient (Wildman–Crippen LogP) is 4.21. The molecule has 1 saturated heterocycles. The number of benzene rings is 2. The quantitative estimate of drug-likeness (QED) is 0.546. The zero-order valence-electron chi connectivity index (χ0n) is 15.8. The number of thioether (sulfide) groups is 1. The van der Waals surface area contributed by atoms with Gasteiger partial charge in [0.2, 0.25) is 0 Å². The summed E-state index contributed by atoms with van der Waals surface area (Å²) in [4.78, 5) is 25.7. The van der Waals surface area contributed by atoms with Crippen LogP contribution >= 0.6 is 35.6 Å². The summed E-state index contributed by atoms with van der Waals surface area (Å²) in [6.45, 7) is 1.87. The Bertz CT molecular complexity index is 1020. The molecular weight excluding hydrogens is 432 g/mol. The third-order valence-electron chi connectivity index (χ3n) is 4.05. The van der Waals surface area contributed by atoms with Gasteiger partial charge in [-0.1, -0.05) is 29.4 Å². The molecule has 0 aromatic heterocycles. The lowest BCUT2D eigenvalue weighted by Gasteiger charge is -2.16. The van der Waals surface area contributed by atoms with Crippen molar-refractivity contribution in [2.24, 2.45) is 0 Å². The molecule has 0 unspecified atom stereocenters. The van der Waals surface area contributed by atoms with Gasteiger partial charge in [-0.3, -0.25) is 15.0 Å². The van der Waals surface area contributed by atoms with Crippen molar-refractivity contribution in [3.05, 3.63) is 63.0 Å². The van der Waals surface area contributed by atoms with E-state index in [1.165, 1.54) is 0 Å². The topological polar surface area (TPSA) is 67.9 Å². The number of hydrazine groups is 1. The maximum Gasteiger partial charge on any atom is 0.285 e. The van der Waals surface area contributed by atoms with Gasteiger partial charge in [-0.2, -0.15) is 5.01 Å². The number of carbonyl (C=O) groups excluding carboxylic acids is 2. The number of ether oxygens (including phenoxy) is 2. The van der Waals surface area contributed by atoms with Gasteiger partial charge in [0, 0.05) is 6.07 Å². The zero-order valence-corrected chi connectivity index (χ0v) is 18.2. The molecule has 1 N–H and O–H groups in total. The molecule has 3 rings (SSSR count). The maximum absolute atomic E-state index is 12.8. The Morgan fingerprint density at radius 1 is 1.17 bits per heavy atom. The summed E-state index contributed by atoms with van der Waals surface area (Å²) < 4.78 is 10.7. The summed E-state index contributed by atoms with van der Waals surface area (Å²) in [6.07, 6.45) is 1.66. The Kier molecular flexibility index (Phi) is 6.46. The number of thiocarbonyl (C=S) groups is 1. The number of hydrogen-bond donors (Lipinski definition) is 1. The fourth-order valence-corrected chi connectivity index (χ4v) is 4.09. The van der Waals surface area contributed by atoms with E-state index in [4.69, 9.17) is 33.3 Å². The SMILES string of the molecule is COc1cc(/C=C2/SC(=S)N(NC(=O)c3ccc(C)cc3Cl)C2=O)cc(OC)c1. The lowest BCUT2D eigenvalue weighted by molar-refractivity contribution is -0.123. The lowest BCUT2D eigenvalue weighted by atomic mass is 10.1. The highest BCUT2D eigenvalue weighted by atomic mass is 35.5. The highest BCUT2D eigenvalue weighted by Gasteiger charge is 2.34. The summed E-state index contributed by atoms with van der Waals surface area (Å²) in [5, 5.41) is 1.34. The van der Waals surface area contributed by atoms with E-state index in [2.05, 4.69) is 5.43 Å². The highest BCUT2D eigenvalue weighted by molar-refractivity contribution is 8.26. The van der Waals surface area contributed by atoms with Crippen LogP contribution in [0.4, 0.5) is 0 Å². The van der Waals surface area contributed by atoms with E-state index < -0.39 is 11.8 Å². The second-order valence-corrected chi connectivity index (χ2v) is 8.17. The molecule has 9 heteroatoms. The van der Waals surface area contributed by atoms with Crippen LogP contribution in [-0.4, -0.2) is 35.4 Å². The van der Waals surface area contributed by atoms with Crippen LogP contribution in [0.15, 0.2) is 41.3 Å². The number of carbonyl (C=O) groups is 2. The van der Waals surface area contributed by atoms with Gasteiger partial charge in [0.1, 0.15) is 11.5 Å². The number of nitrogens with one attached hydrogen (secondary N) is 1. The van der Waals surface area contributed by atoms with Crippen LogP contribution in [0.3, 0.4) is 0 Å². The molecule has 0 saturated carbocycles. The van der Waals surface area contributed by atoms with Gasteiger partial charge in [-0.05, 0) is 60.6 Å². The largest absolute Gasteiger partial charge is 0.497 e. The minimum atomic E-state index is -0.518. The van der Waals surface area contributed by atoms with Crippen LogP contribution in [0.1, 0.15) is 21.5 Å². The highest BCUT2D eigenvalue weighted by Crippen LogP contribution is 2.33. The molecule has 0 radical (unpaired) electrons. The van der Waals surface area contributed by atoms with Crippen LogP contribution in [0.25, 0.3) is 6.08 Å². The summed E-state index contributed by atoms with van der Waals surface area (Å²) in [7, 11) is 3.09. The van der Waals surface area contributed by atoms with Crippen molar-refractivity contribution >= 4 is 57.8 Å². The molecule has 29 heavy (non-hydrogen) atoms. The van der Waals surface area contributed by atoms with Crippen LogP contribution < -0.4 is 14.9 Å². The standard InChI is InChI=1S/C20H17ClN2O4S2/c1-11-4-5-15(16(21)6-11)18(24)22-23-19(25)17(29-20(23)28)9-12-7-13(26-2)10-14(8-12)27-3/h4-10H,1-3H3,(H,22,24)/b17-9+. The van der Waals surface area contributed by atoms with Gasteiger partial charge in [-0.25, -0.2) is 0 Å². The minimum Gasteiger partial charge on any atom is -0.497 e. The minimum absolute atomic E-state index is 0.215. The average molecular weight is 449 g/mol. The van der Waals surface area contributed by atoms with Crippen LogP contribution in [0, 0.1) is 6.92 Å². The molecule has 6 nitrogen and oxygen atoms in total. The molecule has 0 bridgehead atoms. The first-order valence-corrected chi connectivity index (χ1v) is 10.0. The Labute approximate surface area is 182 Å². The molecule has 150 valence electrons. The number of amides is 2. The van der Waals surface area contributed by atoms with Gasteiger partial charge in [0.15, 0.2) is 4.32 Å². The van der Waals surface area contributed by atoms with E-state index in [-0.39, 0.29) is 9.88 Å². The van der Waals surface area contributed by atoms with E-state index in [9.17, 15) is 9.59 Å². The fraction of sp³-hybridized carbons (Fsp3) is 0.150. The first kappa shape index (κ1) is 21.2. The molecule has 1 aliphatic rings. The summed E-state index contributed by atoms with van der Waals surface area (Å²) >= 11 is 12.5. The Balaban J connectivity index is 1.82. The van der Waals surface area contributed by atoms with Crippen LogP contribution in [0.2, 0.25) is 5.02 Å². The molecule has 1 fully saturated rings. The van der Waals surface area contributed by atoms with E-state index in [1.807, 2.05) is 6.92 Å². The number of aryl methyl sites for hydroxylation is 1. The summed E-state index contributed by atoms with van der Waals surface area (Å²) in [5.74, 6) is 0.232. The number of halogens is 1. The van der Waals surface area contributed by atoms with E-state index >= 15 is 0 Å². The molecule has 1 aliphatic heterocycles. The maximum atomic E-state index is 12.8. The number of nitrogens with zero attached hydrogens (tertiary/aromatic N) is 1. The van der Waals surface area contributed by atoms with Crippen molar-refractivity contribution < 1.29 is 19.1 Å². The predicted molar refractivity (Wildman–Crippen MR) is 118 cm³/mol.